The van der Waals surface area contributed by atoms with Gasteiger partial charge in [0.1, 0.15) is 5.84 Å². The van der Waals surface area contributed by atoms with E-state index in [1.54, 1.807) is 0 Å². The van der Waals surface area contributed by atoms with Gasteiger partial charge in [-0.1, -0.05) is 6.07 Å². The Morgan fingerprint density at radius 1 is 1.39 bits per heavy atom. The molecule has 0 saturated heterocycles. The molecule has 0 bridgehead atoms. The van der Waals surface area contributed by atoms with Crippen LogP contribution in [0.15, 0.2) is 41.5 Å². The first-order valence-corrected chi connectivity index (χ1v) is 4.81. The number of hydrogen-bond donors (Lipinski definition) is 2. The Labute approximate surface area is 101 Å². The third-order valence-corrected chi connectivity index (χ3v) is 1.90. The Morgan fingerprint density at radius 3 is 2.72 bits per heavy atom. The molecular formula is C11H10F3N3O. The maximum atomic E-state index is 12.4. The lowest BCUT2D eigenvalue weighted by molar-refractivity contribution is -0.137. The predicted molar refractivity (Wildman–Crippen MR) is 61.9 cm³/mol. The number of halogens is 3. The topological polar surface area (TPSA) is 67.5 Å². The van der Waals surface area contributed by atoms with E-state index in [1.165, 1.54) is 24.4 Å². The second-order valence-corrected chi connectivity index (χ2v) is 3.22. The SMILES string of the molecule is NC(/C=C\Nc1cccc(C(F)(F)F)c1)=NC=O. The largest absolute Gasteiger partial charge is 0.416 e. The highest BCUT2D eigenvalue weighted by Crippen LogP contribution is 2.30. The molecule has 1 aromatic rings. The molecule has 0 aliphatic heterocycles. The Morgan fingerprint density at radius 2 is 2.11 bits per heavy atom. The fourth-order valence-electron chi connectivity index (χ4n) is 1.11. The lowest BCUT2D eigenvalue weighted by Gasteiger charge is -2.08. The van der Waals surface area contributed by atoms with Crippen LogP contribution in [0.5, 0.6) is 0 Å². The highest BCUT2D eigenvalue weighted by Gasteiger charge is 2.30. The number of carbonyl (C=O) groups excluding carboxylic acids is 1. The van der Waals surface area contributed by atoms with Gasteiger partial charge in [0.25, 0.3) is 0 Å². The van der Waals surface area contributed by atoms with Crippen molar-refractivity contribution in [3.8, 4) is 0 Å². The molecule has 0 radical (unpaired) electrons. The lowest BCUT2D eigenvalue weighted by Crippen LogP contribution is -2.08. The smallest absolute Gasteiger partial charge is 0.384 e. The van der Waals surface area contributed by atoms with Crippen molar-refractivity contribution in [3.63, 3.8) is 0 Å². The van der Waals surface area contributed by atoms with Crippen molar-refractivity contribution < 1.29 is 18.0 Å². The number of aliphatic imine (C=N–C) groups is 1. The van der Waals surface area contributed by atoms with Gasteiger partial charge in [-0.05, 0) is 24.3 Å². The Balaban J connectivity index is 2.75. The van der Waals surface area contributed by atoms with Gasteiger partial charge >= 0.3 is 6.18 Å². The third-order valence-electron chi connectivity index (χ3n) is 1.90. The summed E-state index contributed by atoms with van der Waals surface area (Å²) in [7, 11) is 0. The van der Waals surface area contributed by atoms with Crippen molar-refractivity contribution >= 4 is 17.9 Å². The quantitative estimate of drug-likeness (QED) is 0.493. The Hall–Kier alpha value is -2.31. The van der Waals surface area contributed by atoms with Crippen LogP contribution in [-0.2, 0) is 11.0 Å². The number of amidine groups is 1. The van der Waals surface area contributed by atoms with E-state index < -0.39 is 11.7 Å². The van der Waals surface area contributed by atoms with E-state index in [-0.39, 0.29) is 17.9 Å². The number of anilines is 1. The van der Waals surface area contributed by atoms with E-state index in [0.29, 0.717) is 0 Å². The summed E-state index contributed by atoms with van der Waals surface area (Å²) >= 11 is 0. The van der Waals surface area contributed by atoms with Crippen molar-refractivity contribution in [1.29, 1.82) is 0 Å². The van der Waals surface area contributed by atoms with Gasteiger partial charge in [-0.3, -0.25) is 4.79 Å². The molecule has 0 fully saturated rings. The minimum atomic E-state index is -4.39. The molecular weight excluding hydrogens is 247 g/mol. The summed E-state index contributed by atoms with van der Waals surface area (Å²) in [6.45, 7) is 0. The van der Waals surface area contributed by atoms with E-state index in [1.807, 2.05) is 0 Å². The van der Waals surface area contributed by atoms with E-state index in [2.05, 4.69) is 10.3 Å². The van der Waals surface area contributed by atoms with E-state index in [0.717, 1.165) is 12.1 Å². The summed E-state index contributed by atoms with van der Waals surface area (Å²) in [4.78, 5) is 13.2. The number of alkyl halides is 3. The maximum absolute atomic E-state index is 12.4. The second kappa shape index (κ2) is 5.85. The van der Waals surface area contributed by atoms with Crippen molar-refractivity contribution in [1.82, 2.24) is 0 Å². The number of nitrogens with zero attached hydrogens (tertiary/aromatic N) is 1. The van der Waals surface area contributed by atoms with Crippen molar-refractivity contribution in [2.45, 2.75) is 6.18 Å². The maximum Gasteiger partial charge on any atom is 0.416 e. The molecule has 7 heteroatoms. The molecule has 0 aliphatic rings. The first-order valence-electron chi connectivity index (χ1n) is 4.81. The van der Waals surface area contributed by atoms with Crippen LogP contribution in [0.3, 0.4) is 0 Å². The summed E-state index contributed by atoms with van der Waals surface area (Å²) in [5.74, 6) is -0.0514. The zero-order chi connectivity index (χ0) is 13.6. The van der Waals surface area contributed by atoms with Gasteiger partial charge in [-0.2, -0.15) is 18.2 Å². The van der Waals surface area contributed by atoms with Crippen LogP contribution in [0.4, 0.5) is 18.9 Å². The van der Waals surface area contributed by atoms with Gasteiger partial charge in [0.05, 0.1) is 5.56 Å². The third kappa shape index (κ3) is 4.28. The van der Waals surface area contributed by atoms with Gasteiger partial charge in [-0.15, -0.1) is 0 Å². The molecule has 0 atom stereocenters. The van der Waals surface area contributed by atoms with Crippen LogP contribution in [0.2, 0.25) is 0 Å². The molecule has 96 valence electrons. The number of carbonyl (C=O) groups is 1. The van der Waals surface area contributed by atoms with Gasteiger partial charge in [-0.25, -0.2) is 0 Å². The average molecular weight is 257 g/mol. The van der Waals surface area contributed by atoms with Crippen LogP contribution in [0.25, 0.3) is 0 Å². The summed E-state index contributed by atoms with van der Waals surface area (Å²) in [5, 5.41) is 2.59. The molecule has 3 N–H and O–H groups in total. The molecule has 0 unspecified atom stereocenters. The number of rotatable bonds is 4. The van der Waals surface area contributed by atoms with E-state index in [4.69, 9.17) is 5.73 Å². The number of hydrogen-bond acceptors (Lipinski definition) is 2. The van der Waals surface area contributed by atoms with E-state index >= 15 is 0 Å². The molecule has 18 heavy (non-hydrogen) atoms. The number of benzene rings is 1. The minimum absolute atomic E-state index is 0.0514. The molecule has 0 aliphatic carbocycles. The molecule has 0 heterocycles. The highest BCUT2D eigenvalue weighted by molar-refractivity contribution is 5.95. The lowest BCUT2D eigenvalue weighted by atomic mass is 10.2. The zero-order valence-electron chi connectivity index (χ0n) is 9.11. The van der Waals surface area contributed by atoms with Crippen LogP contribution in [0.1, 0.15) is 5.56 Å². The van der Waals surface area contributed by atoms with Gasteiger partial charge in [0, 0.05) is 11.9 Å². The van der Waals surface area contributed by atoms with Crippen LogP contribution < -0.4 is 11.1 Å². The summed E-state index contributed by atoms with van der Waals surface area (Å²) in [5.41, 5.74) is 4.76. The molecule has 0 spiro atoms. The average Bonchev–Trinajstić information content (AvgIpc) is 2.29. The van der Waals surface area contributed by atoms with Gasteiger partial charge in [0.15, 0.2) is 0 Å². The number of nitrogens with one attached hydrogen (secondary N) is 1. The first-order chi connectivity index (χ1) is 8.43. The van der Waals surface area contributed by atoms with Gasteiger partial charge < -0.3 is 11.1 Å². The Kier molecular flexibility index (Phi) is 4.47. The van der Waals surface area contributed by atoms with Crippen molar-refractivity contribution in [2.75, 3.05) is 5.32 Å². The minimum Gasteiger partial charge on any atom is -0.384 e. The van der Waals surface area contributed by atoms with Crippen molar-refractivity contribution in [2.24, 2.45) is 10.7 Å². The highest BCUT2D eigenvalue weighted by atomic mass is 19.4. The molecule has 1 amide bonds. The second-order valence-electron chi connectivity index (χ2n) is 3.22. The first kappa shape index (κ1) is 13.8. The normalized spacial score (nSPS) is 12.7. The van der Waals surface area contributed by atoms with Gasteiger partial charge in [0.2, 0.25) is 6.41 Å². The molecule has 1 aromatic carbocycles. The van der Waals surface area contributed by atoms with E-state index in [9.17, 15) is 18.0 Å². The van der Waals surface area contributed by atoms with Crippen LogP contribution >= 0.6 is 0 Å². The fourth-order valence-corrected chi connectivity index (χ4v) is 1.11. The Bertz CT molecular complexity index is 481. The molecule has 1 rings (SSSR count). The summed E-state index contributed by atoms with van der Waals surface area (Å²) in [6, 6.07) is 4.67. The van der Waals surface area contributed by atoms with Crippen molar-refractivity contribution in [3.05, 3.63) is 42.1 Å². The molecule has 0 saturated carbocycles. The number of nitrogens with two attached hydrogens (primary N) is 1. The zero-order valence-corrected chi connectivity index (χ0v) is 9.11. The van der Waals surface area contributed by atoms with Crippen LogP contribution in [-0.4, -0.2) is 12.2 Å². The summed E-state index contributed by atoms with van der Waals surface area (Å²) in [6.07, 6.45) is -1.57. The standard InChI is InChI=1S/C11H10F3N3O/c12-11(13,14)8-2-1-3-9(6-8)16-5-4-10(15)17-7-18/h1-7,16H,(H2,15,17,18)/b5-4-. The molecule has 4 nitrogen and oxygen atoms in total. The fraction of sp³-hybridized carbons (Fsp3) is 0.0909. The predicted octanol–water partition coefficient (Wildman–Crippen LogP) is 2.14. The van der Waals surface area contributed by atoms with Crippen LogP contribution in [0, 0.1) is 0 Å². The molecule has 0 aromatic heterocycles. The number of amides is 1. The monoisotopic (exact) mass is 257 g/mol. The summed E-state index contributed by atoms with van der Waals surface area (Å²) < 4.78 is 37.2.